The number of amides is 1. The Morgan fingerprint density at radius 3 is 2.68 bits per heavy atom. The highest BCUT2D eigenvalue weighted by Gasteiger charge is 2.42. The van der Waals surface area contributed by atoms with Crippen LogP contribution < -0.4 is 0 Å². The van der Waals surface area contributed by atoms with E-state index in [1.807, 2.05) is 18.2 Å². The molecule has 1 amide bonds. The molecule has 0 unspecified atom stereocenters. The number of carbonyl (C=O) groups is 1. The molecule has 1 saturated heterocycles. The quantitative estimate of drug-likeness (QED) is 0.814. The first-order chi connectivity index (χ1) is 9.13. The molecule has 1 N–H and O–H groups in total. The van der Waals surface area contributed by atoms with E-state index in [9.17, 15) is 9.90 Å². The zero-order valence-electron chi connectivity index (χ0n) is 11.3. The van der Waals surface area contributed by atoms with Crippen LogP contribution in [0.15, 0.2) is 35.2 Å². The summed E-state index contributed by atoms with van der Waals surface area (Å²) in [7, 11) is 0. The molecular formula is C15H21NO2S. The van der Waals surface area contributed by atoms with Crippen LogP contribution in [0.2, 0.25) is 0 Å². The molecule has 2 rings (SSSR count). The second kappa shape index (κ2) is 6.44. The van der Waals surface area contributed by atoms with E-state index in [0.717, 1.165) is 18.6 Å². The second-order valence-corrected chi connectivity index (χ2v) is 6.30. The zero-order chi connectivity index (χ0) is 13.7. The SMILES string of the molecule is CCCC1(O)CN(C(=O)CCSc2ccccc2)C1. The molecule has 3 nitrogen and oxygen atoms in total. The van der Waals surface area contributed by atoms with Gasteiger partial charge in [-0.15, -0.1) is 11.8 Å². The van der Waals surface area contributed by atoms with E-state index in [4.69, 9.17) is 0 Å². The van der Waals surface area contributed by atoms with Crippen molar-refractivity contribution in [1.29, 1.82) is 0 Å². The lowest BCUT2D eigenvalue weighted by Gasteiger charge is -2.46. The lowest BCUT2D eigenvalue weighted by Crippen LogP contribution is -2.63. The van der Waals surface area contributed by atoms with Crippen molar-refractivity contribution in [3.63, 3.8) is 0 Å². The molecular weight excluding hydrogens is 258 g/mol. The van der Waals surface area contributed by atoms with Gasteiger partial charge in [0, 0.05) is 17.1 Å². The maximum absolute atomic E-state index is 11.9. The molecule has 104 valence electrons. The molecule has 0 radical (unpaired) electrons. The third-order valence-electron chi connectivity index (χ3n) is 3.37. The first-order valence-electron chi connectivity index (χ1n) is 6.81. The minimum atomic E-state index is -0.614. The highest BCUT2D eigenvalue weighted by Crippen LogP contribution is 2.27. The van der Waals surface area contributed by atoms with Crippen molar-refractivity contribution < 1.29 is 9.90 Å². The van der Waals surface area contributed by atoms with Gasteiger partial charge in [-0.3, -0.25) is 4.79 Å². The molecule has 1 aromatic rings. The topological polar surface area (TPSA) is 40.5 Å². The van der Waals surface area contributed by atoms with Crippen LogP contribution in [-0.2, 0) is 4.79 Å². The van der Waals surface area contributed by atoms with E-state index < -0.39 is 5.60 Å². The number of hydrogen-bond donors (Lipinski definition) is 1. The second-order valence-electron chi connectivity index (χ2n) is 5.14. The van der Waals surface area contributed by atoms with Crippen molar-refractivity contribution in [2.24, 2.45) is 0 Å². The molecule has 1 aromatic carbocycles. The molecule has 1 heterocycles. The monoisotopic (exact) mass is 279 g/mol. The maximum atomic E-state index is 11.9. The lowest BCUT2D eigenvalue weighted by molar-refractivity contribution is -0.156. The molecule has 4 heteroatoms. The predicted molar refractivity (Wildman–Crippen MR) is 78.2 cm³/mol. The summed E-state index contributed by atoms with van der Waals surface area (Å²) in [5.74, 6) is 0.954. The van der Waals surface area contributed by atoms with Gasteiger partial charge in [-0.2, -0.15) is 0 Å². The highest BCUT2D eigenvalue weighted by atomic mass is 32.2. The van der Waals surface area contributed by atoms with E-state index in [2.05, 4.69) is 19.1 Å². The maximum Gasteiger partial charge on any atom is 0.223 e. The van der Waals surface area contributed by atoms with Crippen molar-refractivity contribution in [2.75, 3.05) is 18.8 Å². The number of rotatable bonds is 6. The Morgan fingerprint density at radius 2 is 2.05 bits per heavy atom. The number of hydrogen-bond acceptors (Lipinski definition) is 3. The lowest BCUT2D eigenvalue weighted by atomic mass is 9.89. The minimum Gasteiger partial charge on any atom is -0.386 e. The molecule has 1 fully saturated rings. The Labute approximate surface area is 119 Å². The summed E-state index contributed by atoms with van der Waals surface area (Å²) in [5.41, 5.74) is -0.614. The van der Waals surface area contributed by atoms with E-state index >= 15 is 0 Å². The largest absolute Gasteiger partial charge is 0.386 e. The number of benzene rings is 1. The van der Waals surface area contributed by atoms with Crippen molar-refractivity contribution in [1.82, 2.24) is 4.90 Å². The van der Waals surface area contributed by atoms with Gasteiger partial charge in [-0.25, -0.2) is 0 Å². The van der Waals surface area contributed by atoms with E-state index in [1.165, 1.54) is 4.90 Å². The van der Waals surface area contributed by atoms with Crippen LogP contribution in [0.4, 0.5) is 0 Å². The van der Waals surface area contributed by atoms with Gasteiger partial charge in [-0.1, -0.05) is 31.5 Å². The molecule has 1 aliphatic heterocycles. The highest BCUT2D eigenvalue weighted by molar-refractivity contribution is 7.99. The summed E-state index contributed by atoms with van der Waals surface area (Å²) in [6.45, 7) is 3.07. The van der Waals surface area contributed by atoms with E-state index in [1.54, 1.807) is 16.7 Å². The summed E-state index contributed by atoms with van der Waals surface area (Å²) in [6.07, 6.45) is 2.29. The third-order valence-corrected chi connectivity index (χ3v) is 4.38. The summed E-state index contributed by atoms with van der Waals surface area (Å²) in [5, 5.41) is 10.0. The van der Waals surface area contributed by atoms with Gasteiger partial charge < -0.3 is 10.0 Å². The van der Waals surface area contributed by atoms with Crippen LogP contribution in [-0.4, -0.2) is 40.4 Å². The summed E-state index contributed by atoms with van der Waals surface area (Å²) in [6, 6.07) is 10.1. The van der Waals surface area contributed by atoms with Crippen molar-refractivity contribution in [2.45, 2.75) is 36.7 Å². The average molecular weight is 279 g/mol. The summed E-state index contributed by atoms with van der Waals surface area (Å²) in [4.78, 5) is 14.9. The van der Waals surface area contributed by atoms with Gasteiger partial charge in [0.1, 0.15) is 0 Å². The van der Waals surface area contributed by atoms with Crippen LogP contribution in [0.25, 0.3) is 0 Å². The van der Waals surface area contributed by atoms with Crippen molar-refractivity contribution in [3.8, 4) is 0 Å². The van der Waals surface area contributed by atoms with Crippen LogP contribution >= 0.6 is 11.8 Å². The van der Waals surface area contributed by atoms with Crippen molar-refractivity contribution in [3.05, 3.63) is 30.3 Å². The summed E-state index contributed by atoms with van der Waals surface area (Å²) < 4.78 is 0. The molecule has 0 aromatic heterocycles. The standard InChI is InChI=1S/C15H21NO2S/c1-2-9-15(18)11-16(12-15)14(17)8-10-19-13-6-4-3-5-7-13/h3-7,18H,2,8-12H2,1H3. The number of aliphatic hydroxyl groups is 1. The molecule has 0 bridgehead atoms. The Bertz CT molecular complexity index is 415. The van der Waals surface area contributed by atoms with E-state index in [-0.39, 0.29) is 5.91 Å². The van der Waals surface area contributed by atoms with E-state index in [0.29, 0.717) is 19.5 Å². The molecule has 0 spiro atoms. The molecule has 19 heavy (non-hydrogen) atoms. The molecule has 0 atom stereocenters. The number of carbonyl (C=O) groups excluding carboxylic acids is 1. The van der Waals surface area contributed by atoms with Crippen LogP contribution in [0, 0.1) is 0 Å². The average Bonchev–Trinajstić information content (AvgIpc) is 2.37. The normalized spacial score (nSPS) is 17.1. The van der Waals surface area contributed by atoms with Crippen LogP contribution in [0.1, 0.15) is 26.2 Å². The van der Waals surface area contributed by atoms with Crippen molar-refractivity contribution >= 4 is 17.7 Å². The van der Waals surface area contributed by atoms with Gasteiger partial charge in [0.15, 0.2) is 0 Å². The number of β-amino-alcohol motifs (C(OH)–C–C–N with tert-alkyl or cyclic N) is 1. The van der Waals surface area contributed by atoms with Gasteiger partial charge in [0.2, 0.25) is 5.91 Å². The van der Waals surface area contributed by atoms with Gasteiger partial charge in [-0.05, 0) is 18.6 Å². The van der Waals surface area contributed by atoms with Crippen LogP contribution in [0.5, 0.6) is 0 Å². The molecule has 1 aliphatic rings. The first kappa shape index (κ1) is 14.4. The number of likely N-dealkylation sites (tertiary alicyclic amines) is 1. The Morgan fingerprint density at radius 1 is 1.37 bits per heavy atom. The Balaban J connectivity index is 1.66. The Kier molecular flexibility index (Phi) is 4.88. The minimum absolute atomic E-state index is 0.157. The van der Waals surface area contributed by atoms with Gasteiger partial charge >= 0.3 is 0 Å². The molecule has 0 aliphatic carbocycles. The summed E-state index contributed by atoms with van der Waals surface area (Å²) >= 11 is 1.70. The van der Waals surface area contributed by atoms with Crippen LogP contribution in [0.3, 0.4) is 0 Å². The molecule has 0 saturated carbocycles. The van der Waals surface area contributed by atoms with Gasteiger partial charge in [0.25, 0.3) is 0 Å². The smallest absolute Gasteiger partial charge is 0.223 e. The Hall–Kier alpha value is -1.00. The van der Waals surface area contributed by atoms with Gasteiger partial charge in [0.05, 0.1) is 18.7 Å². The predicted octanol–water partition coefficient (Wildman–Crippen LogP) is 2.54. The number of thioether (sulfide) groups is 1. The fraction of sp³-hybridized carbons (Fsp3) is 0.533. The number of nitrogens with zero attached hydrogens (tertiary/aromatic N) is 1. The fourth-order valence-corrected chi connectivity index (χ4v) is 3.26. The zero-order valence-corrected chi connectivity index (χ0v) is 12.2. The first-order valence-corrected chi connectivity index (χ1v) is 7.79. The fourth-order valence-electron chi connectivity index (χ4n) is 2.40. The third kappa shape index (κ3) is 3.98.